The van der Waals surface area contributed by atoms with Crippen LogP contribution in [-0.2, 0) is 0 Å². The highest BCUT2D eigenvalue weighted by molar-refractivity contribution is 14.1. The van der Waals surface area contributed by atoms with Gasteiger partial charge in [-0.1, -0.05) is 25.1 Å². The summed E-state index contributed by atoms with van der Waals surface area (Å²) in [6.07, 6.45) is 0. The summed E-state index contributed by atoms with van der Waals surface area (Å²) in [5, 5.41) is 19.3. The maximum Gasteiger partial charge on any atom is 0.119 e. The van der Waals surface area contributed by atoms with Gasteiger partial charge in [-0.25, -0.2) is 0 Å². The standard InChI is InChI=1S/C14H13IO2/c1-9(11-4-2-3-5-13(11)15)12-8-10(16)6-7-14(12)17/h2-9,16-17H,1H3. The van der Waals surface area contributed by atoms with Crippen LogP contribution in [0.3, 0.4) is 0 Å². The third-order valence-electron chi connectivity index (χ3n) is 2.85. The Bertz CT molecular complexity index is 537. The topological polar surface area (TPSA) is 40.5 Å². The molecule has 2 rings (SSSR count). The van der Waals surface area contributed by atoms with Crippen molar-refractivity contribution < 1.29 is 10.2 Å². The summed E-state index contributed by atoms with van der Waals surface area (Å²) in [6.45, 7) is 2.02. The van der Waals surface area contributed by atoms with Crippen LogP contribution in [0.25, 0.3) is 0 Å². The molecular weight excluding hydrogens is 327 g/mol. The molecule has 1 atom stereocenters. The maximum atomic E-state index is 9.84. The Morgan fingerprint density at radius 2 is 1.71 bits per heavy atom. The normalized spacial score (nSPS) is 12.4. The molecule has 0 aliphatic heterocycles. The lowest BCUT2D eigenvalue weighted by Crippen LogP contribution is -1.98. The first-order valence-electron chi connectivity index (χ1n) is 5.36. The zero-order chi connectivity index (χ0) is 12.4. The number of rotatable bonds is 2. The Balaban J connectivity index is 2.47. The van der Waals surface area contributed by atoms with E-state index < -0.39 is 0 Å². The molecule has 0 aromatic heterocycles. The van der Waals surface area contributed by atoms with Gasteiger partial charge in [0.05, 0.1) is 0 Å². The highest BCUT2D eigenvalue weighted by atomic mass is 127. The van der Waals surface area contributed by atoms with Gasteiger partial charge in [-0.2, -0.15) is 0 Å². The average molecular weight is 340 g/mol. The van der Waals surface area contributed by atoms with Crippen LogP contribution in [0.1, 0.15) is 24.0 Å². The number of aromatic hydroxyl groups is 2. The predicted molar refractivity (Wildman–Crippen MR) is 76.4 cm³/mol. The molecule has 0 radical (unpaired) electrons. The van der Waals surface area contributed by atoms with Gasteiger partial charge in [0.1, 0.15) is 11.5 Å². The molecule has 0 heterocycles. The average Bonchev–Trinajstić information content (AvgIpc) is 2.32. The van der Waals surface area contributed by atoms with E-state index in [1.165, 1.54) is 12.1 Å². The molecule has 0 fully saturated rings. The third-order valence-corrected chi connectivity index (χ3v) is 3.83. The summed E-state index contributed by atoms with van der Waals surface area (Å²) in [6, 6.07) is 12.7. The number of hydrogen-bond donors (Lipinski definition) is 2. The van der Waals surface area contributed by atoms with Gasteiger partial charge in [0.15, 0.2) is 0 Å². The molecule has 2 aromatic rings. The summed E-state index contributed by atoms with van der Waals surface area (Å²) in [7, 11) is 0. The van der Waals surface area contributed by atoms with E-state index in [2.05, 4.69) is 22.6 Å². The molecule has 0 saturated carbocycles. The summed E-state index contributed by atoms with van der Waals surface area (Å²) >= 11 is 2.28. The third kappa shape index (κ3) is 2.54. The van der Waals surface area contributed by atoms with Gasteiger partial charge >= 0.3 is 0 Å². The summed E-state index contributed by atoms with van der Waals surface area (Å²) in [5.74, 6) is 0.445. The van der Waals surface area contributed by atoms with E-state index in [-0.39, 0.29) is 17.4 Å². The number of hydrogen-bond acceptors (Lipinski definition) is 2. The van der Waals surface area contributed by atoms with E-state index in [4.69, 9.17) is 0 Å². The van der Waals surface area contributed by atoms with Crippen molar-refractivity contribution in [1.82, 2.24) is 0 Å². The Kier molecular flexibility index (Phi) is 3.57. The van der Waals surface area contributed by atoms with E-state index in [0.717, 1.165) is 14.7 Å². The second kappa shape index (κ2) is 4.96. The molecule has 17 heavy (non-hydrogen) atoms. The quantitative estimate of drug-likeness (QED) is 0.644. The molecule has 0 aliphatic rings. The zero-order valence-corrected chi connectivity index (χ0v) is 11.5. The van der Waals surface area contributed by atoms with Crippen LogP contribution >= 0.6 is 22.6 Å². The van der Waals surface area contributed by atoms with Crippen LogP contribution in [0, 0.1) is 3.57 Å². The minimum absolute atomic E-state index is 0.0511. The van der Waals surface area contributed by atoms with Crippen LogP contribution in [-0.4, -0.2) is 10.2 Å². The molecule has 1 unspecified atom stereocenters. The van der Waals surface area contributed by atoms with E-state index in [1.807, 2.05) is 31.2 Å². The van der Waals surface area contributed by atoms with Crippen molar-refractivity contribution in [3.8, 4) is 11.5 Å². The smallest absolute Gasteiger partial charge is 0.119 e. The van der Waals surface area contributed by atoms with Crippen molar-refractivity contribution in [1.29, 1.82) is 0 Å². The van der Waals surface area contributed by atoms with Crippen LogP contribution in [0.5, 0.6) is 11.5 Å². The second-order valence-corrected chi connectivity index (χ2v) is 5.15. The number of halogens is 1. The van der Waals surface area contributed by atoms with Gasteiger partial charge in [-0.05, 0) is 52.4 Å². The first-order chi connectivity index (χ1) is 8.09. The van der Waals surface area contributed by atoms with Gasteiger partial charge in [-0.3, -0.25) is 0 Å². The molecule has 88 valence electrons. The molecule has 0 spiro atoms. The minimum Gasteiger partial charge on any atom is -0.508 e. The maximum absolute atomic E-state index is 9.84. The lowest BCUT2D eigenvalue weighted by molar-refractivity contribution is 0.452. The van der Waals surface area contributed by atoms with Crippen LogP contribution < -0.4 is 0 Å². The predicted octanol–water partition coefficient (Wildman–Crippen LogP) is 3.85. The first-order valence-corrected chi connectivity index (χ1v) is 6.44. The van der Waals surface area contributed by atoms with Crippen molar-refractivity contribution in [2.24, 2.45) is 0 Å². The molecule has 0 saturated heterocycles. The largest absolute Gasteiger partial charge is 0.508 e. The van der Waals surface area contributed by atoms with Crippen LogP contribution in [0.2, 0.25) is 0 Å². The molecular formula is C14H13IO2. The van der Waals surface area contributed by atoms with Crippen molar-refractivity contribution in [3.05, 3.63) is 57.2 Å². The van der Waals surface area contributed by atoms with Crippen molar-refractivity contribution in [3.63, 3.8) is 0 Å². The fraction of sp³-hybridized carbons (Fsp3) is 0.143. The lowest BCUT2D eigenvalue weighted by atomic mass is 9.92. The SMILES string of the molecule is CC(c1cc(O)ccc1O)c1ccccc1I. The highest BCUT2D eigenvalue weighted by Gasteiger charge is 2.15. The number of benzene rings is 2. The van der Waals surface area contributed by atoms with Crippen LogP contribution in [0.15, 0.2) is 42.5 Å². The van der Waals surface area contributed by atoms with Gasteiger partial charge in [0.25, 0.3) is 0 Å². The summed E-state index contributed by atoms with van der Waals surface area (Å²) < 4.78 is 1.15. The minimum atomic E-state index is 0.0511. The van der Waals surface area contributed by atoms with E-state index in [1.54, 1.807) is 6.07 Å². The summed E-state index contributed by atoms with van der Waals surface area (Å²) in [4.78, 5) is 0. The van der Waals surface area contributed by atoms with E-state index >= 15 is 0 Å². The van der Waals surface area contributed by atoms with Crippen LogP contribution in [0.4, 0.5) is 0 Å². The van der Waals surface area contributed by atoms with Gasteiger partial charge in [0.2, 0.25) is 0 Å². The van der Waals surface area contributed by atoms with E-state index in [9.17, 15) is 10.2 Å². The van der Waals surface area contributed by atoms with Gasteiger partial charge in [0, 0.05) is 15.1 Å². The Labute approximate surface area is 114 Å². The fourth-order valence-electron chi connectivity index (χ4n) is 1.88. The van der Waals surface area contributed by atoms with Crippen molar-refractivity contribution in [2.45, 2.75) is 12.8 Å². The van der Waals surface area contributed by atoms with Crippen molar-refractivity contribution >= 4 is 22.6 Å². The Morgan fingerprint density at radius 1 is 1.00 bits per heavy atom. The molecule has 3 heteroatoms. The Morgan fingerprint density at radius 3 is 2.41 bits per heavy atom. The Hall–Kier alpha value is -1.23. The fourth-order valence-corrected chi connectivity index (χ4v) is 2.74. The summed E-state index contributed by atoms with van der Waals surface area (Å²) in [5.41, 5.74) is 1.89. The first kappa shape index (κ1) is 12.2. The second-order valence-electron chi connectivity index (χ2n) is 3.99. The number of phenolic OH excluding ortho intramolecular Hbond substituents is 2. The van der Waals surface area contributed by atoms with Gasteiger partial charge in [-0.15, -0.1) is 0 Å². The zero-order valence-electron chi connectivity index (χ0n) is 9.39. The van der Waals surface area contributed by atoms with Crippen molar-refractivity contribution in [2.75, 3.05) is 0 Å². The van der Waals surface area contributed by atoms with Gasteiger partial charge < -0.3 is 10.2 Å². The molecule has 2 N–H and O–H groups in total. The molecule has 2 aromatic carbocycles. The molecule has 0 aliphatic carbocycles. The molecule has 0 bridgehead atoms. The van der Waals surface area contributed by atoms with E-state index in [0.29, 0.717) is 0 Å². The highest BCUT2D eigenvalue weighted by Crippen LogP contribution is 2.34. The number of phenols is 2. The molecule has 0 amide bonds. The molecule has 2 nitrogen and oxygen atoms in total. The lowest BCUT2D eigenvalue weighted by Gasteiger charge is -2.15. The monoisotopic (exact) mass is 340 g/mol.